The van der Waals surface area contributed by atoms with Gasteiger partial charge in [-0.2, -0.15) is 0 Å². The zero-order chi connectivity index (χ0) is 27.2. The van der Waals surface area contributed by atoms with E-state index in [4.69, 9.17) is 9.47 Å². The van der Waals surface area contributed by atoms with Crippen molar-refractivity contribution in [3.63, 3.8) is 0 Å². The summed E-state index contributed by atoms with van der Waals surface area (Å²) in [6.45, 7) is 3.71. The van der Waals surface area contributed by atoms with Gasteiger partial charge < -0.3 is 19.7 Å². The van der Waals surface area contributed by atoms with Gasteiger partial charge in [0.15, 0.2) is 0 Å². The van der Waals surface area contributed by atoms with Crippen LogP contribution < -0.4 is 14.8 Å². The van der Waals surface area contributed by atoms with E-state index in [9.17, 15) is 14.0 Å². The highest BCUT2D eigenvalue weighted by Crippen LogP contribution is 2.30. The predicted molar refractivity (Wildman–Crippen MR) is 141 cm³/mol. The second kappa shape index (κ2) is 11.7. The molecule has 0 aliphatic rings. The third-order valence-electron chi connectivity index (χ3n) is 6.19. The second-order valence-corrected chi connectivity index (χ2v) is 9.13. The lowest BCUT2D eigenvalue weighted by Gasteiger charge is -2.34. The van der Waals surface area contributed by atoms with E-state index in [-0.39, 0.29) is 36.6 Å². The van der Waals surface area contributed by atoms with Crippen LogP contribution in [-0.2, 0) is 22.7 Å². The van der Waals surface area contributed by atoms with Crippen molar-refractivity contribution in [1.29, 1.82) is 0 Å². The first-order valence-corrected chi connectivity index (χ1v) is 12.2. The van der Waals surface area contributed by atoms with Gasteiger partial charge in [0.2, 0.25) is 11.8 Å². The first-order valence-electron chi connectivity index (χ1n) is 12.2. The number of nitrogens with one attached hydrogen (secondary N) is 1. The van der Waals surface area contributed by atoms with E-state index >= 15 is 0 Å². The van der Waals surface area contributed by atoms with E-state index in [1.165, 1.54) is 28.8 Å². The quantitative estimate of drug-likeness (QED) is 0.336. The van der Waals surface area contributed by atoms with Crippen LogP contribution >= 0.6 is 0 Å². The van der Waals surface area contributed by atoms with Gasteiger partial charge in [-0.1, -0.05) is 43.3 Å². The summed E-state index contributed by atoms with van der Waals surface area (Å²) in [6, 6.07) is 17.4. The van der Waals surface area contributed by atoms with Crippen molar-refractivity contribution in [3.05, 3.63) is 78.1 Å². The van der Waals surface area contributed by atoms with Crippen LogP contribution in [0.15, 0.2) is 66.7 Å². The molecular formula is C28H30FN5O4. The minimum absolute atomic E-state index is 0.0990. The van der Waals surface area contributed by atoms with Crippen LogP contribution in [-0.4, -0.2) is 52.0 Å². The normalized spacial score (nSPS) is 11.8. The van der Waals surface area contributed by atoms with E-state index in [1.807, 2.05) is 38.1 Å². The Hall–Kier alpha value is -4.47. The maximum atomic E-state index is 13.8. The molecular weight excluding hydrogens is 489 g/mol. The van der Waals surface area contributed by atoms with Gasteiger partial charge in [-0.25, -0.2) is 9.07 Å². The lowest BCUT2D eigenvalue weighted by molar-refractivity contribution is -0.141. The highest BCUT2D eigenvalue weighted by molar-refractivity contribution is 5.98. The van der Waals surface area contributed by atoms with Gasteiger partial charge in [-0.3, -0.25) is 9.59 Å². The Labute approximate surface area is 220 Å². The number of fused-ring (bicyclic) bond motifs is 1. The number of anilines is 1. The van der Waals surface area contributed by atoms with Crippen LogP contribution in [0.25, 0.3) is 11.0 Å². The number of benzene rings is 3. The standard InChI is InChI=1S/C28H30FN5O4/c1-18(2)27(28(36)30-23-14-13-21(37-3)15-25(23)38-4)33(16-19-9-11-20(29)12-10-19)26(35)17-34-24-8-6-5-7-22(24)31-32-34/h5-15,18,27H,16-17H2,1-4H3,(H,30,36). The molecule has 3 aromatic carbocycles. The number of carbonyl (C=O) groups is 2. The molecule has 10 heteroatoms. The molecule has 2 amide bonds. The topological polar surface area (TPSA) is 98.6 Å². The summed E-state index contributed by atoms with van der Waals surface area (Å²) in [6.07, 6.45) is 0. The highest BCUT2D eigenvalue weighted by Gasteiger charge is 2.33. The lowest BCUT2D eigenvalue weighted by atomic mass is 10.00. The molecule has 0 radical (unpaired) electrons. The second-order valence-electron chi connectivity index (χ2n) is 9.13. The van der Waals surface area contributed by atoms with E-state index in [1.54, 1.807) is 37.4 Å². The molecule has 0 saturated heterocycles. The molecule has 1 atom stereocenters. The molecule has 0 bridgehead atoms. The zero-order valence-electron chi connectivity index (χ0n) is 21.7. The van der Waals surface area contributed by atoms with Gasteiger partial charge in [0.25, 0.3) is 0 Å². The number of halogens is 1. The number of para-hydroxylation sites is 1. The molecule has 0 aliphatic carbocycles. The molecule has 0 fully saturated rings. The summed E-state index contributed by atoms with van der Waals surface area (Å²) in [4.78, 5) is 29.0. The van der Waals surface area contributed by atoms with Crippen LogP contribution in [0.3, 0.4) is 0 Å². The molecule has 198 valence electrons. The summed E-state index contributed by atoms with van der Waals surface area (Å²) < 4.78 is 25.8. The molecule has 9 nitrogen and oxygen atoms in total. The fraction of sp³-hybridized carbons (Fsp3) is 0.286. The molecule has 1 N–H and O–H groups in total. The highest BCUT2D eigenvalue weighted by atomic mass is 19.1. The summed E-state index contributed by atoms with van der Waals surface area (Å²) in [7, 11) is 3.04. The van der Waals surface area contributed by atoms with Crippen molar-refractivity contribution in [1.82, 2.24) is 19.9 Å². The minimum Gasteiger partial charge on any atom is -0.497 e. The first kappa shape index (κ1) is 26.6. The van der Waals surface area contributed by atoms with Crippen LogP contribution in [0.1, 0.15) is 19.4 Å². The van der Waals surface area contributed by atoms with Gasteiger partial charge in [0, 0.05) is 12.6 Å². The van der Waals surface area contributed by atoms with Crippen molar-refractivity contribution in [2.24, 2.45) is 5.92 Å². The number of methoxy groups -OCH3 is 2. The number of amides is 2. The maximum absolute atomic E-state index is 13.8. The molecule has 1 unspecified atom stereocenters. The molecule has 1 aromatic heterocycles. The largest absolute Gasteiger partial charge is 0.497 e. The first-order chi connectivity index (χ1) is 18.3. The molecule has 4 aromatic rings. The summed E-state index contributed by atoms with van der Waals surface area (Å²) >= 11 is 0. The third-order valence-corrected chi connectivity index (χ3v) is 6.19. The van der Waals surface area contributed by atoms with Crippen molar-refractivity contribution < 1.29 is 23.5 Å². The SMILES string of the molecule is COc1ccc(NC(=O)C(C(C)C)N(Cc2ccc(F)cc2)C(=O)Cn2nnc3ccccc32)c(OC)c1. The Kier molecular flexibility index (Phi) is 8.20. The Morgan fingerprint density at radius 3 is 2.45 bits per heavy atom. The number of carbonyl (C=O) groups excluding carboxylic acids is 2. The van der Waals surface area contributed by atoms with Crippen LogP contribution in [0.2, 0.25) is 0 Å². The third kappa shape index (κ3) is 5.91. The van der Waals surface area contributed by atoms with Crippen LogP contribution in [0.4, 0.5) is 10.1 Å². The van der Waals surface area contributed by atoms with Crippen molar-refractivity contribution in [2.45, 2.75) is 33.0 Å². The summed E-state index contributed by atoms with van der Waals surface area (Å²) in [5.41, 5.74) is 2.50. The number of aromatic nitrogens is 3. The molecule has 38 heavy (non-hydrogen) atoms. The van der Waals surface area contributed by atoms with Crippen molar-refractivity contribution in [3.8, 4) is 11.5 Å². The van der Waals surface area contributed by atoms with Crippen LogP contribution in [0.5, 0.6) is 11.5 Å². The summed E-state index contributed by atoms with van der Waals surface area (Å²) in [5.74, 6) is -0.358. The molecule has 0 spiro atoms. The smallest absolute Gasteiger partial charge is 0.247 e. The fourth-order valence-electron chi connectivity index (χ4n) is 4.29. The van der Waals surface area contributed by atoms with E-state index in [0.29, 0.717) is 33.8 Å². The van der Waals surface area contributed by atoms with Gasteiger partial charge in [0.05, 0.1) is 25.4 Å². The van der Waals surface area contributed by atoms with E-state index in [2.05, 4.69) is 15.6 Å². The Morgan fingerprint density at radius 2 is 1.76 bits per heavy atom. The Balaban J connectivity index is 1.66. The number of rotatable bonds is 10. The van der Waals surface area contributed by atoms with Gasteiger partial charge in [0.1, 0.15) is 35.4 Å². The van der Waals surface area contributed by atoms with E-state index < -0.39 is 6.04 Å². The number of nitrogens with zero attached hydrogens (tertiary/aromatic N) is 4. The Bertz CT molecular complexity index is 1420. The minimum atomic E-state index is -0.853. The zero-order valence-corrected chi connectivity index (χ0v) is 21.7. The Morgan fingerprint density at radius 1 is 1.03 bits per heavy atom. The number of hydrogen-bond acceptors (Lipinski definition) is 6. The number of hydrogen-bond donors (Lipinski definition) is 1. The lowest BCUT2D eigenvalue weighted by Crippen LogP contribution is -2.50. The fourth-order valence-corrected chi connectivity index (χ4v) is 4.29. The molecule has 0 aliphatic heterocycles. The maximum Gasteiger partial charge on any atom is 0.247 e. The number of ether oxygens (including phenoxy) is 2. The van der Waals surface area contributed by atoms with Gasteiger partial charge >= 0.3 is 0 Å². The summed E-state index contributed by atoms with van der Waals surface area (Å²) in [5, 5.41) is 11.2. The monoisotopic (exact) mass is 519 g/mol. The molecule has 0 saturated carbocycles. The average molecular weight is 520 g/mol. The predicted octanol–water partition coefficient (Wildman–Crippen LogP) is 4.28. The van der Waals surface area contributed by atoms with Crippen LogP contribution in [0, 0.1) is 11.7 Å². The van der Waals surface area contributed by atoms with Crippen molar-refractivity contribution in [2.75, 3.05) is 19.5 Å². The van der Waals surface area contributed by atoms with E-state index in [0.717, 1.165) is 0 Å². The molecule has 4 rings (SSSR count). The van der Waals surface area contributed by atoms with Crippen molar-refractivity contribution >= 4 is 28.5 Å². The molecule has 1 heterocycles. The van der Waals surface area contributed by atoms with Gasteiger partial charge in [-0.05, 0) is 47.9 Å². The average Bonchev–Trinajstić information content (AvgIpc) is 3.32. The van der Waals surface area contributed by atoms with Gasteiger partial charge in [-0.15, -0.1) is 5.10 Å².